The molecule has 1 rings (SSSR count). The van der Waals surface area contributed by atoms with E-state index in [0.717, 1.165) is 18.7 Å². The van der Waals surface area contributed by atoms with E-state index in [1.165, 1.54) is 5.69 Å². The second kappa shape index (κ2) is 7.01. The van der Waals surface area contributed by atoms with Crippen LogP contribution in [0.4, 0.5) is 5.69 Å². The monoisotopic (exact) mass is 250 g/mol. The van der Waals surface area contributed by atoms with Crippen molar-refractivity contribution in [3.05, 3.63) is 29.8 Å². The Morgan fingerprint density at radius 1 is 1.28 bits per heavy atom. The highest BCUT2D eigenvalue weighted by atomic mass is 16.4. The van der Waals surface area contributed by atoms with Gasteiger partial charge in [-0.1, -0.05) is 12.1 Å². The van der Waals surface area contributed by atoms with Crippen molar-refractivity contribution in [2.45, 2.75) is 32.7 Å². The Morgan fingerprint density at radius 3 is 2.28 bits per heavy atom. The number of hydrogen-bond acceptors (Lipinski definition) is 3. The van der Waals surface area contributed by atoms with E-state index in [9.17, 15) is 4.79 Å². The molecule has 3 N–H and O–H groups in total. The van der Waals surface area contributed by atoms with Gasteiger partial charge in [-0.15, -0.1) is 0 Å². The van der Waals surface area contributed by atoms with Gasteiger partial charge >= 0.3 is 5.97 Å². The van der Waals surface area contributed by atoms with Gasteiger partial charge in [-0.05, 0) is 38.0 Å². The summed E-state index contributed by atoms with van der Waals surface area (Å²) >= 11 is 0. The molecule has 1 aromatic rings. The van der Waals surface area contributed by atoms with Crippen LogP contribution in [0.3, 0.4) is 0 Å². The highest BCUT2D eigenvalue weighted by Gasteiger charge is 2.09. The average Bonchev–Trinajstić information content (AvgIpc) is 2.38. The zero-order valence-corrected chi connectivity index (χ0v) is 11.1. The Balaban J connectivity index is 2.66. The van der Waals surface area contributed by atoms with Crippen LogP contribution in [-0.4, -0.2) is 24.2 Å². The van der Waals surface area contributed by atoms with Crippen molar-refractivity contribution in [3.63, 3.8) is 0 Å². The highest BCUT2D eigenvalue weighted by molar-refractivity contribution is 5.66. The van der Waals surface area contributed by atoms with Gasteiger partial charge in [0.15, 0.2) is 0 Å². The van der Waals surface area contributed by atoms with Crippen LogP contribution in [-0.2, 0) is 4.79 Å². The lowest BCUT2D eigenvalue weighted by Gasteiger charge is -2.21. The topological polar surface area (TPSA) is 66.6 Å². The van der Waals surface area contributed by atoms with Crippen LogP contribution in [0.25, 0.3) is 0 Å². The first-order chi connectivity index (χ1) is 8.58. The predicted molar refractivity (Wildman–Crippen MR) is 73.8 cm³/mol. The number of anilines is 1. The van der Waals surface area contributed by atoms with Gasteiger partial charge in [-0.3, -0.25) is 4.79 Å². The van der Waals surface area contributed by atoms with Crippen LogP contribution in [0.1, 0.15) is 38.3 Å². The number of aliphatic carboxylic acids is 1. The smallest absolute Gasteiger partial charge is 0.303 e. The second-order valence-corrected chi connectivity index (χ2v) is 4.30. The summed E-state index contributed by atoms with van der Waals surface area (Å²) < 4.78 is 0. The van der Waals surface area contributed by atoms with E-state index in [4.69, 9.17) is 10.8 Å². The molecule has 0 spiro atoms. The Morgan fingerprint density at radius 2 is 1.83 bits per heavy atom. The van der Waals surface area contributed by atoms with Crippen molar-refractivity contribution >= 4 is 11.7 Å². The van der Waals surface area contributed by atoms with E-state index >= 15 is 0 Å². The minimum Gasteiger partial charge on any atom is -0.481 e. The molecule has 0 aliphatic rings. The van der Waals surface area contributed by atoms with E-state index in [1.54, 1.807) is 0 Å². The fraction of sp³-hybridized carbons (Fsp3) is 0.500. The van der Waals surface area contributed by atoms with Crippen LogP contribution in [0.15, 0.2) is 24.3 Å². The molecule has 0 saturated heterocycles. The Hall–Kier alpha value is -1.55. The summed E-state index contributed by atoms with van der Waals surface area (Å²) in [6, 6.07) is 7.86. The molecule has 0 aliphatic heterocycles. The van der Waals surface area contributed by atoms with Crippen molar-refractivity contribution < 1.29 is 9.90 Å². The van der Waals surface area contributed by atoms with Crippen LogP contribution in [0.2, 0.25) is 0 Å². The summed E-state index contributed by atoms with van der Waals surface area (Å²) in [6.45, 7) is 6.19. The third kappa shape index (κ3) is 4.04. The van der Waals surface area contributed by atoms with Gasteiger partial charge in [-0.2, -0.15) is 0 Å². The maximum absolute atomic E-state index is 10.5. The summed E-state index contributed by atoms with van der Waals surface area (Å²) in [5.74, 6) is -0.801. The van der Waals surface area contributed by atoms with E-state index in [0.29, 0.717) is 6.42 Å². The number of nitrogens with zero attached hydrogens (tertiary/aromatic N) is 1. The molecule has 1 atom stereocenters. The summed E-state index contributed by atoms with van der Waals surface area (Å²) in [7, 11) is 0. The standard InChI is InChI=1S/C14H22N2O2/c1-3-16(4-2)12-7-5-11(6-8-12)13(15)9-10-14(17)18/h5-8,13H,3-4,9-10,15H2,1-2H3,(H,17,18). The molecule has 0 aromatic heterocycles. The number of carboxylic acid groups (broad SMARTS) is 1. The van der Waals surface area contributed by atoms with Gasteiger partial charge in [0.2, 0.25) is 0 Å². The lowest BCUT2D eigenvalue weighted by Crippen LogP contribution is -2.21. The average molecular weight is 250 g/mol. The molecule has 18 heavy (non-hydrogen) atoms. The van der Waals surface area contributed by atoms with Crippen molar-refractivity contribution in [1.82, 2.24) is 0 Å². The van der Waals surface area contributed by atoms with Gasteiger partial charge in [-0.25, -0.2) is 0 Å². The number of carbonyl (C=O) groups is 1. The van der Waals surface area contributed by atoms with Crippen molar-refractivity contribution in [3.8, 4) is 0 Å². The molecular weight excluding hydrogens is 228 g/mol. The van der Waals surface area contributed by atoms with Gasteiger partial charge in [0.25, 0.3) is 0 Å². The number of rotatable bonds is 7. The minimum absolute atomic E-state index is 0.110. The lowest BCUT2D eigenvalue weighted by atomic mass is 10.0. The van der Waals surface area contributed by atoms with Crippen molar-refractivity contribution in [2.75, 3.05) is 18.0 Å². The SMILES string of the molecule is CCN(CC)c1ccc(C(N)CCC(=O)O)cc1. The Kier molecular flexibility index (Phi) is 5.65. The third-order valence-corrected chi connectivity index (χ3v) is 3.12. The molecule has 0 heterocycles. The summed E-state index contributed by atoms with van der Waals surface area (Å²) in [6.07, 6.45) is 0.582. The molecule has 4 heteroatoms. The number of hydrogen-bond donors (Lipinski definition) is 2. The molecule has 1 unspecified atom stereocenters. The molecule has 4 nitrogen and oxygen atoms in total. The largest absolute Gasteiger partial charge is 0.481 e. The van der Waals surface area contributed by atoms with Crippen LogP contribution < -0.4 is 10.6 Å². The molecule has 0 aliphatic carbocycles. The number of carboxylic acids is 1. The van der Waals surface area contributed by atoms with E-state index in [-0.39, 0.29) is 12.5 Å². The van der Waals surface area contributed by atoms with Gasteiger partial charge in [0.05, 0.1) is 0 Å². The van der Waals surface area contributed by atoms with Crippen LogP contribution in [0, 0.1) is 0 Å². The van der Waals surface area contributed by atoms with E-state index in [1.807, 2.05) is 24.3 Å². The zero-order valence-electron chi connectivity index (χ0n) is 11.1. The predicted octanol–water partition coefficient (Wildman–Crippen LogP) is 2.40. The zero-order chi connectivity index (χ0) is 13.5. The Labute approximate surface area is 108 Å². The summed E-state index contributed by atoms with van der Waals surface area (Å²) in [5, 5.41) is 8.63. The molecule has 0 radical (unpaired) electrons. The summed E-state index contributed by atoms with van der Waals surface area (Å²) in [5.41, 5.74) is 8.13. The first-order valence-corrected chi connectivity index (χ1v) is 6.40. The lowest BCUT2D eigenvalue weighted by molar-refractivity contribution is -0.137. The van der Waals surface area contributed by atoms with Crippen molar-refractivity contribution in [2.24, 2.45) is 5.73 Å². The third-order valence-electron chi connectivity index (χ3n) is 3.12. The molecule has 0 fully saturated rings. The van der Waals surface area contributed by atoms with E-state index < -0.39 is 5.97 Å². The molecule has 1 aromatic carbocycles. The quantitative estimate of drug-likeness (QED) is 0.779. The number of benzene rings is 1. The Bertz CT molecular complexity index is 372. The van der Waals surface area contributed by atoms with Crippen LogP contribution >= 0.6 is 0 Å². The molecule has 0 saturated carbocycles. The fourth-order valence-electron chi connectivity index (χ4n) is 1.97. The molecule has 0 amide bonds. The van der Waals surface area contributed by atoms with E-state index in [2.05, 4.69) is 18.7 Å². The minimum atomic E-state index is -0.801. The van der Waals surface area contributed by atoms with Crippen molar-refractivity contribution in [1.29, 1.82) is 0 Å². The number of nitrogens with two attached hydrogens (primary N) is 1. The maximum atomic E-state index is 10.5. The maximum Gasteiger partial charge on any atom is 0.303 e. The van der Waals surface area contributed by atoms with Crippen LogP contribution in [0.5, 0.6) is 0 Å². The first-order valence-electron chi connectivity index (χ1n) is 6.40. The first kappa shape index (κ1) is 14.5. The van der Waals surface area contributed by atoms with Gasteiger partial charge in [0.1, 0.15) is 0 Å². The molecular formula is C14H22N2O2. The molecule has 0 bridgehead atoms. The molecule has 100 valence electrons. The second-order valence-electron chi connectivity index (χ2n) is 4.30. The van der Waals surface area contributed by atoms with Gasteiger partial charge < -0.3 is 15.7 Å². The fourth-order valence-corrected chi connectivity index (χ4v) is 1.97. The highest BCUT2D eigenvalue weighted by Crippen LogP contribution is 2.20. The normalized spacial score (nSPS) is 12.2. The summed E-state index contributed by atoms with van der Waals surface area (Å²) in [4.78, 5) is 12.8. The van der Waals surface area contributed by atoms with Gasteiger partial charge in [0, 0.05) is 31.2 Å².